The first kappa shape index (κ1) is 25.6. The summed E-state index contributed by atoms with van der Waals surface area (Å²) in [7, 11) is 1.34. The number of hydrogen-bond donors (Lipinski definition) is 1. The number of benzene rings is 3. The highest BCUT2D eigenvalue weighted by atomic mass is 16.6. The Morgan fingerprint density at radius 3 is 2.50 bits per heavy atom. The first-order chi connectivity index (χ1) is 18.3. The van der Waals surface area contributed by atoms with Crippen molar-refractivity contribution in [2.75, 3.05) is 13.7 Å². The molecule has 0 saturated heterocycles. The molecule has 0 spiro atoms. The maximum Gasteiger partial charge on any atom is 0.343 e. The summed E-state index contributed by atoms with van der Waals surface area (Å²) in [5.41, 5.74) is 7.71. The standard InChI is InChI=1S/C32H34N2O4/c1-20-22(3)34(18-23-8-13-28(14-9-23)38-19-31(35)37-4)30-15-12-27(17-29(20)30)32(36)33-21(2)25-6-5-7-26(16-25)24-10-11-24/h5-9,12-17,21,24H,10-11,18-19H2,1-4H3,(H,33,36)/t21-/m0/s1. The molecule has 5 rings (SSSR count). The number of fused-ring (bicyclic) bond motifs is 1. The largest absolute Gasteiger partial charge is 0.482 e. The summed E-state index contributed by atoms with van der Waals surface area (Å²) in [4.78, 5) is 24.5. The van der Waals surface area contributed by atoms with Gasteiger partial charge in [-0.3, -0.25) is 4.79 Å². The van der Waals surface area contributed by atoms with Gasteiger partial charge in [0.25, 0.3) is 5.91 Å². The van der Waals surface area contributed by atoms with Crippen LogP contribution in [0, 0.1) is 13.8 Å². The van der Waals surface area contributed by atoms with Crippen LogP contribution in [-0.4, -0.2) is 30.2 Å². The topological polar surface area (TPSA) is 69.6 Å². The van der Waals surface area contributed by atoms with E-state index in [2.05, 4.69) is 52.7 Å². The van der Waals surface area contributed by atoms with Crippen LogP contribution >= 0.6 is 0 Å². The molecule has 1 heterocycles. The number of hydrogen-bond acceptors (Lipinski definition) is 4. The molecule has 0 radical (unpaired) electrons. The quantitative estimate of drug-likeness (QED) is 0.271. The van der Waals surface area contributed by atoms with Crippen molar-refractivity contribution in [3.8, 4) is 5.75 Å². The zero-order valence-corrected chi connectivity index (χ0v) is 22.4. The number of aryl methyl sites for hydroxylation is 1. The van der Waals surface area contributed by atoms with E-state index in [9.17, 15) is 9.59 Å². The van der Waals surface area contributed by atoms with Crippen molar-refractivity contribution >= 4 is 22.8 Å². The van der Waals surface area contributed by atoms with E-state index in [1.165, 1.54) is 25.5 Å². The van der Waals surface area contributed by atoms with Crippen LogP contribution in [0.5, 0.6) is 5.75 Å². The van der Waals surface area contributed by atoms with Gasteiger partial charge in [0.05, 0.1) is 13.2 Å². The SMILES string of the molecule is COC(=O)COc1ccc(Cn2c(C)c(C)c3cc(C(=O)N[C@@H](C)c4cccc(C5CC5)c4)ccc32)cc1. The number of methoxy groups -OCH3 is 1. The Labute approximate surface area is 223 Å². The molecule has 1 aliphatic rings. The van der Waals surface area contributed by atoms with E-state index in [4.69, 9.17) is 4.74 Å². The number of carbonyl (C=O) groups excluding carboxylic acids is 2. The lowest BCUT2D eigenvalue weighted by Gasteiger charge is -2.16. The molecule has 1 N–H and O–H groups in total. The van der Waals surface area contributed by atoms with Gasteiger partial charge in [-0.15, -0.1) is 0 Å². The van der Waals surface area contributed by atoms with Crippen molar-refractivity contribution in [1.82, 2.24) is 9.88 Å². The Kier molecular flexibility index (Phi) is 7.23. The Hall–Kier alpha value is -4.06. The summed E-state index contributed by atoms with van der Waals surface area (Å²) in [5, 5.41) is 4.26. The number of nitrogens with zero attached hydrogens (tertiary/aromatic N) is 1. The van der Waals surface area contributed by atoms with Gasteiger partial charge in [0.2, 0.25) is 0 Å². The first-order valence-electron chi connectivity index (χ1n) is 13.1. The van der Waals surface area contributed by atoms with Crippen molar-refractivity contribution in [1.29, 1.82) is 0 Å². The second-order valence-electron chi connectivity index (χ2n) is 10.2. The molecule has 0 aliphatic heterocycles. The number of rotatable bonds is 9. The minimum atomic E-state index is -0.413. The smallest absolute Gasteiger partial charge is 0.343 e. The molecule has 6 heteroatoms. The molecule has 3 aromatic carbocycles. The maximum absolute atomic E-state index is 13.2. The van der Waals surface area contributed by atoms with Gasteiger partial charge in [0.1, 0.15) is 5.75 Å². The fraction of sp³-hybridized carbons (Fsp3) is 0.312. The van der Waals surface area contributed by atoms with Gasteiger partial charge in [-0.1, -0.05) is 36.4 Å². The Balaban J connectivity index is 1.31. The third-order valence-corrected chi connectivity index (χ3v) is 7.56. The number of nitrogens with one attached hydrogen (secondary N) is 1. The summed E-state index contributed by atoms with van der Waals surface area (Å²) >= 11 is 0. The predicted octanol–water partition coefficient (Wildman–Crippen LogP) is 6.23. The van der Waals surface area contributed by atoms with Crippen molar-refractivity contribution in [3.63, 3.8) is 0 Å². The van der Waals surface area contributed by atoms with E-state index >= 15 is 0 Å². The van der Waals surface area contributed by atoms with Gasteiger partial charge in [-0.2, -0.15) is 0 Å². The summed E-state index contributed by atoms with van der Waals surface area (Å²) in [6.45, 7) is 6.83. The molecule has 1 atom stereocenters. The minimum Gasteiger partial charge on any atom is -0.482 e. The molecule has 1 amide bonds. The molecule has 1 aliphatic carbocycles. The average Bonchev–Trinajstić information content (AvgIpc) is 3.77. The van der Waals surface area contributed by atoms with Crippen LogP contribution < -0.4 is 10.1 Å². The third kappa shape index (κ3) is 5.44. The number of esters is 1. The van der Waals surface area contributed by atoms with Crippen molar-refractivity contribution in [2.24, 2.45) is 0 Å². The number of carbonyl (C=O) groups is 2. The van der Waals surface area contributed by atoms with Gasteiger partial charge < -0.3 is 19.4 Å². The molecular formula is C32H34N2O4. The van der Waals surface area contributed by atoms with Crippen LogP contribution in [0.15, 0.2) is 66.7 Å². The summed E-state index contributed by atoms with van der Waals surface area (Å²) in [5.74, 6) is 0.828. The lowest BCUT2D eigenvalue weighted by atomic mass is 10.0. The lowest BCUT2D eigenvalue weighted by Crippen LogP contribution is -2.26. The van der Waals surface area contributed by atoms with Crippen molar-refractivity contribution < 1.29 is 19.1 Å². The normalized spacial score (nSPS) is 13.8. The molecule has 0 bridgehead atoms. The fourth-order valence-corrected chi connectivity index (χ4v) is 4.93. The fourth-order valence-electron chi connectivity index (χ4n) is 4.93. The van der Waals surface area contributed by atoms with E-state index in [1.807, 2.05) is 49.4 Å². The highest BCUT2D eigenvalue weighted by Crippen LogP contribution is 2.40. The second kappa shape index (κ2) is 10.7. The Morgan fingerprint density at radius 1 is 1.03 bits per heavy atom. The molecule has 38 heavy (non-hydrogen) atoms. The van der Waals surface area contributed by atoms with Gasteiger partial charge in [-0.05, 0) is 92.1 Å². The molecule has 1 aromatic heterocycles. The molecule has 0 unspecified atom stereocenters. The molecule has 4 aromatic rings. The third-order valence-electron chi connectivity index (χ3n) is 7.56. The van der Waals surface area contributed by atoms with E-state index < -0.39 is 5.97 Å². The van der Waals surface area contributed by atoms with Crippen LogP contribution in [0.1, 0.15) is 70.0 Å². The number of amides is 1. The second-order valence-corrected chi connectivity index (χ2v) is 10.2. The highest BCUT2D eigenvalue weighted by molar-refractivity contribution is 5.99. The maximum atomic E-state index is 13.2. The van der Waals surface area contributed by atoms with E-state index in [0.29, 0.717) is 23.8 Å². The van der Waals surface area contributed by atoms with Crippen LogP contribution in [0.4, 0.5) is 0 Å². The summed E-state index contributed by atoms with van der Waals surface area (Å²) < 4.78 is 12.3. The lowest BCUT2D eigenvalue weighted by molar-refractivity contribution is -0.142. The van der Waals surface area contributed by atoms with Crippen LogP contribution in [-0.2, 0) is 16.1 Å². The highest BCUT2D eigenvalue weighted by Gasteiger charge is 2.24. The first-order valence-corrected chi connectivity index (χ1v) is 13.1. The predicted molar refractivity (Wildman–Crippen MR) is 149 cm³/mol. The number of aromatic nitrogens is 1. The molecule has 1 saturated carbocycles. The van der Waals surface area contributed by atoms with E-state index in [1.54, 1.807) is 0 Å². The zero-order chi connectivity index (χ0) is 26.8. The average molecular weight is 511 g/mol. The van der Waals surface area contributed by atoms with Gasteiger partial charge >= 0.3 is 5.97 Å². The van der Waals surface area contributed by atoms with Gasteiger partial charge in [-0.25, -0.2) is 4.79 Å². The number of ether oxygens (including phenoxy) is 2. The Morgan fingerprint density at radius 2 is 1.79 bits per heavy atom. The summed E-state index contributed by atoms with van der Waals surface area (Å²) in [6.07, 6.45) is 2.53. The van der Waals surface area contributed by atoms with Crippen molar-refractivity contribution in [3.05, 3.63) is 100 Å². The van der Waals surface area contributed by atoms with E-state index in [-0.39, 0.29) is 18.6 Å². The zero-order valence-electron chi connectivity index (χ0n) is 22.4. The monoisotopic (exact) mass is 510 g/mol. The summed E-state index contributed by atoms with van der Waals surface area (Å²) in [6, 6.07) is 22.2. The van der Waals surface area contributed by atoms with Crippen molar-refractivity contribution in [2.45, 2.75) is 52.1 Å². The molecule has 196 valence electrons. The van der Waals surface area contributed by atoms with Crippen LogP contribution in [0.25, 0.3) is 10.9 Å². The molecular weight excluding hydrogens is 476 g/mol. The Bertz CT molecular complexity index is 1480. The van der Waals surface area contributed by atoms with Gasteiger partial charge in [0, 0.05) is 28.7 Å². The van der Waals surface area contributed by atoms with Crippen LogP contribution in [0.2, 0.25) is 0 Å². The minimum absolute atomic E-state index is 0.0658. The molecule has 1 fully saturated rings. The van der Waals surface area contributed by atoms with Crippen LogP contribution in [0.3, 0.4) is 0 Å². The van der Waals surface area contributed by atoms with E-state index in [0.717, 1.165) is 33.3 Å². The molecule has 6 nitrogen and oxygen atoms in total. The van der Waals surface area contributed by atoms with Gasteiger partial charge in [0.15, 0.2) is 6.61 Å².